The fourth-order valence-electron chi connectivity index (χ4n) is 4.13. The summed E-state index contributed by atoms with van der Waals surface area (Å²) in [6.45, 7) is 8.19. The lowest BCUT2D eigenvalue weighted by Gasteiger charge is -2.37. The number of halogens is 2. The molecule has 1 saturated heterocycles. The number of nitrogens with zero attached hydrogens (tertiary/aromatic N) is 4. The SMILES string of the molecule is Cc1nc2c(F)cc(-c3nc(NCC4(C)CS(=O)(=O)C4)ncc3Cl)cc2n1C(C)C. The van der Waals surface area contributed by atoms with Crippen molar-refractivity contribution in [3.63, 3.8) is 0 Å². The summed E-state index contributed by atoms with van der Waals surface area (Å²) >= 11 is 6.33. The van der Waals surface area contributed by atoms with Crippen molar-refractivity contribution in [3.05, 3.63) is 35.0 Å². The molecule has 7 nitrogen and oxygen atoms in total. The van der Waals surface area contributed by atoms with Gasteiger partial charge >= 0.3 is 0 Å². The van der Waals surface area contributed by atoms with Crippen LogP contribution in [0.1, 0.15) is 32.6 Å². The summed E-state index contributed by atoms with van der Waals surface area (Å²) in [5.41, 5.74) is 1.56. The number of benzene rings is 1. The van der Waals surface area contributed by atoms with Gasteiger partial charge in [-0.15, -0.1) is 0 Å². The molecule has 1 aliphatic heterocycles. The maximum Gasteiger partial charge on any atom is 0.223 e. The first-order valence-corrected chi connectivity index (χ1v) is 11.8. The van der Waals surface area contributed by atoms with Gasteiger partial charge in [0, 0.05) is 23.6 Å². The molecule has 0 atom stereocenters. The van der Waals surface area contributed by atoms with Crippen molar-refractivity contribution in [3.8, 4) is 11.3 Å². The zero-order chi connectivity index (χ0) is 21.8. The molecule has 0 unspecified atom stereocenters. The van der Waals surface area contributed by atoms with E-state index in [1.807, 2.05) is 38.3 Å². The highest BCUT2D eigenvalue weighted by atomic mass is 35.5. The molecule has 1 N–H and O–H groups in total. The van der Waals surface area contributed by atoms with E-state index < -0.39 is 15.7 Å². The normalized spacial score (nSPS) is 17.3. The van der Waals surface area contributed by atoms with Crippen LogP contribution in [0.25, 0.3) is 22.3 Å². The quantitative estimate of drug-likeness (QED) is 0.630. The molecule has 160 valence electrons. The molecule has 3 heterocycles. The molecule has 2 aromatic heterocycles. The second kappa shape index (κ2) is 7.16. The maximum absolute atomic E-state index is 14.8. The summed E-state index contributed by atoms with van der Waals surface area (Å²) in [4.78, 5) is 13.0. The summed E-state index contributed by atoms with van der Waals surface area (Å²) in [5.74, 6) is 0.869. The highest BCUT2D eigenvalue weighted by Gasteiger charge is 2.44. The predicted octanol–water partition coefficient (Wildman–Crippen LogP) is 4.02. The van der Waals surface area contributed by atoms with E-state index in [9.17, 15) is 12.8 Å². The van der Waals surface area contributed by atoms with Crippen LogP contribution in [-0.4, -0.2) is 46.0 Å². The summed E-state index contributed by atoms with van der Waals surface area (Å²) < 4.78 is 39.8. The number of aryl methyl sites for hydroxylation is 1. The fraction of sp³-hybridized carbons (Fsp3) is 0.450. The van der Waals surface area contributed by atoms with Crippen LogP contribution >= 0.6 is 11.6 Å². The van der Waals surface area contributed by atoms with E-state index in [2.05, 4.69) is 20.3 Å². The molecule has 0 spiro atoms. The maximum atomic E-state index is 14.8. The van der Waals surface area contributed by atoms with Crippen LogP contribution in [0, 0.1) is 18.2 Å². The topological polar surface area (TPSA) is 89.8 Å². The van der Waals surface area contributed by atoms with Gasteiger partial charge in [-0.25, -0.2) is 27.8 Å². The lowest BCUT2D eigenvalue weighted by molar-refractivity contribution is 0.392. The summed E-state index contributed by atoms with van der Waals surface area (Å²) in [7, 11) is -2.94. The van der Waals surface area contributed by atoms with E-state index in [0.717, 1.165) is 5.82 Å². The third-order valence-electron chi connectivity index (χ3n) is 5.27. The van der Waals surface area contributed by atoms with Gasteiger partial charge in [0.15, 0.2) is 15.7 Å². The van der Waals surface area contributed by atoms with E-state index in [1.165, 1.54) is 12.3 Å². The smallest absolute Gasteiger partial charge is 0.223 e. The molecule has 0 aliphatic carbocycles. The number of rotatable bonds is 5. The summed E-state index contributed by atoms with van der Waals surface area (Å²) in [6.07, 6.45) is 1.46. The molecule has 0 amide bonds. The van der Waals surface area contributed by atoms with Crippen LogP contribution in [0.4, 0.5) is 10.3 Å². The van der Waals surface area contributed by atoms with Crippen molar-refractivity contribution in [1.82, 2.24) is 19.5 Å². The van der Waals surface area contributed by atoms with Crippen molar-refractivity contribution in [2.45, 2.75) is 33.7 Å². The minimum absolute atomic E-state index is 0.113. The number of imidazole rings is 1. The number of hydrogen-bond donors (Lipinski definition) is 1. The molecule has 4 rings (SSSR count). The van der Waals surface area contributed by atoms with Gasteiger partial charge in [0.25, 0.3) is 0 Å². The van der Waals surface area contributed by atoms with Gasteiger partial charge in [-0.2, -0.15) is 0 Å². The molecule has 0 bridgehead atoms. The Hall–Kier alpha value is -2.26. The Balaban J connectivity index is 1.69. The molecule has 1 aliphatic rings. The zero-order valence-electron chi connectivity index (χ0n) is 17.2. The second-order valence-corrected chi connectivity index (χ2v) is 11.0. The lowest BCUT2D eigenvalue weighted by atomic mass is 9.95. The predicted molar refractivity (Wildman–Crippen MR) is 116 cm³/mol. The first-order valence-electron chi connectivity index (χ1n) is 9.63. The van der Waals surface area contributed by atoms with E-state index >= 15 is 0 Å². The first kappa shape index (κ1) is 21.0. The van der Waals surface area contributed by atoms with Gasteiger partial charge in [0.2, 0.25) is 5.95 Å². The van der Waals surface area contributed by atoms with Crippen molar-refractivity contribution in [1.29, 1.82) is 0 Å². The molecular weight excluding hydrogens is 429 g/mol. The minimum Gasteiger partial charge on any atom is -0.354 e. The number of hydrogen-bond acceptors (Lipinski definition) is 6. The Morgan fingerprint density at radius 1 is 1.30 bits per heavy atom. The number of nitrogens with one attached hydrogen (secondary N) is 1. The fourth-order valence-corrected chi connectivity index (χ4v) is 6.57. The van der Waals surface area contributed by atoms with Gasteiger partial charge in [-0.1, -0.05) is 18.5 Å². The molecule has 1 aromatic carbocycles. The Morgan fingerprint density at radius 3 is 2.63 bits per heavy atom. The summed E-state index contributed by atoms with van der Waals surface area (Å²) in [5, 5.41) is 3.39. The molecular formula is C20H23ClFN5O2S. The van der Waals surface area contributed by atoms with Crippen molar-refractivity contribution in [2.75, 3.05) is 23.4 Å². The second-order valence-electron chi connectivity index (χ2n) is 8.54. The van der Waals surface area contributed by atoms with Crippen LogP contribution in [-0.2, 0) is 9.84 Å². The van der Waals surface area contributed by atoms with Gasteiger partial charge in [-0.3, -0.25) is 0 Å². The Bertz CT molecular complexity index is 1240. The van der Waals surface area contributed by atoms with Crippen LogP contribution in [0.3, 0.4) is 0 Å². The average Bonchev–Trinajstić information content (AvgIpc) is 2.96. The van der Waals surface area contributed by atoms with Gasteiger partial charge < -0.3 is 9.88 Å². The van der Waals surface area contributed by atoms with Gasteiger partial charge in [0.1, 0.15) is 11.3 Å². The van der Waals surface area contributed by atoms with E-state index in [4.69, 9.17) is 11.6 Å². The van der Waals surface area contributed by atoms with E-state index in [1.54, 1.807) is 0 Å². The lowest BCUT2D eigenvalue weighted by Crippen LogP contribution is -2.50. The molecule has 0 radical (unpaired) electrons. The van der Waals surface area contributed by atoms with Crippen molar-refractivity contribution >= 4 is 38.4 Å². The number of anilines is 1. The highest BCUT2D eigenvalue weighted by molar-refractivity contribution is 7.92. The molecule has 3 aromatic rings. The van der Waals surface area contributed by atoms with E-state index in [-0.39, 0.29) is 23.0 Å². The molecule has 1 fully saturated rings. The first-order chi connectivity index (χ1) is 14.0. The summed E-state index contributed by atoms with van der Waals surface area (Å²) in [6, 6.07) is 3.32. The Kier molecular flexibility index (Phi) is 5.01. The van der Waals surface area contributed by atoms with Crippen molar-refractivity contribution < 1.29 is 12.8 Å². The molecule has 0 saturated carbocycles. The molecule has 30 heavy (non-hydrogen) atoms. The van der Waals surface area contributed by atoms with Gasteiger partial charge in [0.05, 0.1) is 33.9 Å². The van der Waals surface area contributed by atoms with E-state index in [0.29, 0.717) is 39.8 Å². The van der Waals surface area contributed by atoms with Crippen LogP contribution < -0.4 is 5.32 Å². The average molecular weight is 452 g/mol. The largest absolute Gasteiger partial charge is 0.354 e. The zero-order valence-corrected chi connectivity index (χ0v) is 18.8. The number of sulfone groups is 1. The van der Waals surface area contributed by atoms with Crippen LogP contribution in [0.15, 0.2) is 18.3 Å². The Labute approximate surface area is 179 Å². The standard InChI is InChI=1S/C20H23ClFN5O2S/c1-11(2)27-12(3)25-18-15(22)5-13(6-16(18)27)17-14(21)7-23-19(26-17)24-8-20(4)9-30(28,29)10-20/h5-7,11H,8-10H2,1-4H3,(H,23,24,26). The van der Waals surface area contributed by atoms with Crippen molar-refractivity contribution in [2.24, 2.45) is 5.41 Å². The third-order valence-corrected chi connectivity index (χ3v) is 7.82. The highest BCUT2D eigenvalue weighted by Crippen LogP contribution is 2.34. The number of fused-ring (bicyclic) bond motifs is 1. The minimum atomic E-state index is -2.94. The van der Waals surface area contributed by atoms with Crippen LogP contribution in [0.5, 0.6) is 0 Å². The third kappa shape index (κ3) is 3.76. The Morgan fingerprint density at radius 2 is 2.00 bits per heavy atom. The molecule has 10 heteroatoms. The monoisotopic (exact) mass is 451 g/mol. The van der Waals surface area contributed by atoms with Crippen LogP contribution in [0.2, 0.25) is 5.02 Å². The number of aromatic nitrogens is 4. The van der Waals surface area contributed by atoms with Gasteiger partial charge in [-0.05, 0) is 32.9 Å².